The molecule has 0 radical (unpaired) electrons. The van der Waals surface area contributed by atoms with Gasteiger partial charge in [0.25, 0.3) is 0 Å². The molecule has 0 saturated heterocycles. The number of hydrogen-bond acceptors (Lipinski definition) is 4. The van der Waals surface area contributed by atoms with Gasteiger partial charge in [-0.15, -0.1) is 26.3 Å². The van der Waals surface area contributed by atoms with Crippen molar-refractivity contribution >= 4 is 27.1 Å². The molecule has 0 aromatic heterocycles. The smallest absolute Gasteiger partial charge is 0.405 e. The molecule has 7 rings (SSSR count). The third kappa shape index (κ3) is 5.54. The first-order chi connectivity index (χ1) is 22.9. The average molecular weight is 649 g/mol. The molecule has 0 saturated carbocycles. The molecule has 10 heteroatoms. The Morgan fingerprint density at radius 2 is 0.854 bits per heavy atom. The van der Waals surface area contributed by atoms with Crippen molar-refractivity contribution < 1.29 is 35.8 Å². The van der Waals surface area contributed by atoms with Crippen LogP contribution in [0.15, 0.2) is 115 Å². The van der Waals surface area contributed by atoms with Crippen LogP contribution >= 0.6 is 0 Å². The molecule has 1 aliphatic rings. The first-order valence-electron chi connectivity index (χ1n) is 14.3. The van der Waals surface area contributed by atoms with Crippen molar-refractivity contribution in [3.05, 3.63) is 126 Å². The van der Waals surface area contributed by atoms with Gasteiger partial charge in [-0.25, -0.2) is 0 Å². The van der Waals surface area contributed by atoms with Gasteiger partial charge < -0.3 is 9.47 Å². The second-order valence-corrected chi connectivity index (χ2v) is 11.0. The summed E-state index contributed by atoms with van der Waals surface area (Å²) in [6.07, 6.45) is -10.2. The van der Waals surface area contributed by atoms with Crippen molar-refractivity contribution in [3.63, 3.8) is 0 Å². The maximum absolute atomic E-state index is 13.8. The van der Waals surface area contributed by atoms with Gasteiger partial charge in [0.15, 0.2) is 0 Å². The van der Waals surface area contributed by atoms with Crippen molar-refractivity contribution in [3.8, 4) is 57.0 Å². The van der Waals surface area contributed by atoms with Crippen molar-refractivity contribution in [1.29, 1.82) is 10.5 Å². The molecule has 0 unspecified atom stereocenters. The van der Waals surface area contributed by atoms with E-state index in [4.69, 9.17) is 0 Å². The number of fused-ring (bicyclic) bond motifs is 5. The molecule has 0 aliphatic heterocycles. The van der Waals surface area contributed by atoms with Crippen molar-refractivity contribution in [2.45, 2.75) is 12.7 Å². The number of hydrogen-bond donors (Lipinski definition) is 0. The lowest BCUT2D eigenvalue weighted by Crippen LogP contribution is -2.17. The first-order valence-corrected chi connectivity index (χ1v) is 14.3. The van der Waals surface area contributed by atoms with Crippen LogP contribution in [0.4, 0.5) is 26.3 Å². The zero-order valence-electron chi connectivity index (χ0n) is 24.4. The lowest BCUT2D eigenvalue weighted by Gasteiger charge is -2.17. The highest BCUT2D eigenvalue weighted by Crippen LogP contribution is 2.53. The second-order valence-electron chi connectivity index (χ2n) is 11.0. The number of ether oxygens (including phenoxy) is 2. The molecule has 0 bridgehead atoms. The van der Waals surface area contributed by atoms with Crippen LogP contribution in [-0.2, 0) is 0 Å². The molecule has 0 amide bonds. The summed E-state index contributed by atoms with van der Waals surface area (Å²) >= 11 is 0. The number of rotatable bonds is 4. The maximum atomic E-state index is 13.8. The third-order valence-corrected chi connectivity index (χ3v) is 8.11. The van der Waals surface area contributed by atoms with E-state index in [2.05, 4.69) is 9.47 Å². The Hall–Kier alpha value is -6.26. The van der Waals surface area contributed by atoms with Gasteiger partial charge in [0, 0.05) is 16.7 Å². The van der Waals surface area contributed by atoms with Gasteiger partial charge in [-0.3, -0.25) is 0 Å². The zero-order chi connectivity index (χ0) is 33.8. The van der Waals surface area contributed by atoms with Crippen molar-refractivity contribution in [2.75, 3.05) is 0 Å². The summed E-state index contributed by atoms with van der Waals surface area (Å²) in [6.45, 7) is 0. The van der Waals surface area contributed by atoms with Crippen LogP contribution in [0, 0.1) is 22.7 Å². The lowest BCUT2D eigenvalue weighted by atomic mass is 9.93. The predicted octanol–water partition coefficient (Wildman–Crippen LogP) is 11.0. The molecule has 0 atom stereocenters. The Kier molecular flexibility index (Phi) is 7.10. The number of benzene rings is 6. The molecule has 4 nitrogen and oxygen atoms in total. The minimum atomic E-state index is -5.11. The summed E-state index contributed by atoms with van der Waals surface area (Å²) in [6, 6.07) is 33.2. The second kappa shape index (κ2) is 11.2. The van der Waals surface area contributed by atoms with Gasteiger partial charge in [0.05, 0.1) is 0 Å². The van der Waals surface area contributed by atoms with Crippen molar-refractivity contribution in [2.24, 2.45) is 0 Å². The molecule has 234 valence electrons. The highest BCUT2D eigenvalue weighted by molar-refractivity contribution is 6.07. The number of allylic oxidation sites excluding steroid dienone is 1. The fraction of sp³-hybridized carbons (Fsp3) is 0.0526. The molecule has 6 aromatic rings. The monoisotopic (exact) mass is 648 g/mol. The zero-order valence-corrected chi connectivity index (χ0v) is 24.4. The largest absolute Gasteiger partial charge is 0.573 e. The fourth-order valence-corrected chi connectivity index (χ4v) is 6.15. The Morgan fingerprint density at radius 1 is 0.458 bits per heavy atom. The quantitative estimate of drug-likeness (QED) is 0.141. The van der Waals surface area contributed by atoms with Gasteiger partial charge >= 0.3 is 12.7 Å². The van der Waals surface area contributed by atoms with E-state index in [9.17, 15) is 36.9 Å². The van der Waals surface area contributed by atoms with Gasteiger partial charge in [-0.2, -0.15) is 10.5 Å². The molecule has 0 spiro atoms. The highest BCUT2D eigenvalue weighted by atomic mass is 19.4. The first kappa shape index (κ1) is 30.4. The number of halogens is 6. The van der Waals surface area contributed by atoms with Crippen LogP contribution in [-0.4, -0.2) is 12.7 Å². The van der Waals surface area contributed by atoms with Crippen LogP contribution in [0.3, 0.4) is 0 Å². The van der Waals surface area contributed by atoms with Crippen LogP contribution in [0.25, 0.3) is 60.5 Å². The molecule has 0 N–H and O–H groups in total. The number of nitrogens with zero attached hydrogens (tertiary/aromatic N) is 2. The summed E-state index contributed by atoms with van der Waals surface area (Å²) in [7, 11) is 0. The Bertz CT molecular complexity index is 2250. The van der Waals surface area contributed by atoms with Gasteiger partial charge in [-0.05, 0) is 91.3 Å². The molecule has 0 fully saturated rings. The fourth-order valence-electron chi connectivity index (χ4n) is 6.15. The Balaban J connectivity index is 1.54. The molecule has 6 aromatic carbocycles. The van der Waals surface area contributed by atoms with Crippen molar-refractivity contribution in [1.82, 2.24) is 0 Å². The van der Waals surface area contributed by atoms with Crippen LogP contribution in [0.2, 0.25) is 0 Å². The average Bonchev–Trinajstić information content (AvgIpc) is 3.34. The molecular weight excluding hydrogens is 630 g/mol. The lowest BCUT2D eigenvalue weighted by molar-refractivity contribution is -0.275. The summed E-state index contributed by atoms with van der Waals surface area (Å²) < 4.78 is 91.7. The molecular formula is C38H18F6N2O2. The number of alkyl halides is 6. The topological polar surface area (TPSA) is 66.0 Å². The summed E-state index contributed by atoms with van der Waals surface area (Å²) in [5.74, 6) is -1.22. The van der Waals surface area contributed by atoms with E-state index in [1.807, 2.05) is 24.3 Å². The van der Waals surface area contributed by atoms with Crippen LogP contribution in [0.1, 0.15) is 11.1 Å². The summed E-state index contributed by atoms with van der Waals surface area (Å²) in [5.41, 5.74) is 0.805. The van der Waals surface area contributed by atoms with E-state index in [1.54, 1.807) is 72.8 Å². The molecule has 48 heavy (non-hydrogen) atoms. The number of nitriles is 2. The molecule has 0 heterocycles. The minimum absolute atomic E-state index is 0.0144. The predicted molar refractivity (Wildman–Crippen MR) is 168 cm³/mol. The van der Waals surface area contributed by atoms with E-state index in [1.165, 1.54) is 12.1 Å². The maximum Gasteiger partial charge on any atom is 0.573 e. The van der Waals surface area contributed by atoms with Crippen LogP contribution < -0.4 is 9.47 Å². The Labute approximate surface area is 268 Å². The Morgan fingerprint density at radius 3 is 1.23 bits per heavy atom. The van der Waals surface area contributed by atoms with E-state index < -0.39 is 29.8 Å². The van der Waals surface area contributed by atoms with E-state index in [0.29, 0.717) is 22.3 Å². The normalized spacial score (nSPS) is 12.3. The SMILES string of the molecule is N#CC(C#N)=C1c2cc(OC(F)(F)F)c(-c3ccc4ccccc4c3)cc2-c2cc(-c3ccc4ccccc4c3)c(OC(F)(F)F)cc21. The summed E-state index contributed by atoms with van der Waals surface area (Å²) in [4.78, 5) is 0. The van der Waals surface area contributed by atoms with E-state index >= 15 is 0 Å². The van der Waals surface area contributed by atoms with Gasteiger partial charge in [0.1, 0.15) is 29.2 Å². The van der Waals surface area contributed by atoms with E-state index in [0.717, 1.165) is 33.7 Å². The summed E-state index contributed by atoms with van der Waals surface area (Å²) in [5, 5.41) is 22.9. The van der Waals surface area contributed by atoms with E-state index in [-0.39, 0.29) is 27.8 Å². The molecule has 1 aliphatic carbocycles. The minimum Gasteiger partial charge on any atom is -0.405 e. The van der Waals surface area contributed by atoms with Gasteiger partial charge in [0.2, 0.25) is 0 Å². The standard InChI is InChI=1S/C38H18F6N2O2/c39-37(40,41)47-34-17-32-30(15-28(34)25-11-9-21-5-1-3-7-23(21)13-25)31-16-29(26-12-10-22-6-2-4-8-24(22)14-26)35(48-38(42,43)44)18-33(31)36(32)27(19-45)20-46/h1-18H. The third-order valence-electron chi connectivity index (χ3n) is 8.11. The van der Waals surface area contributed by atoms with Gasteiger partial charge in [-0.1, -0.05) is 72.8 Å². The van der Waals surface area contributed by atoms with Crippen LogP contribution in [0.5, 0.6) is 11.5 Å². The highest BCUT2D eigenvalue weighted by Gasteiger charge is 2.37.